The molecule has 0 aliphatic rings. The minimum Gasteiger partial charge on any atom is -0.468 e. The first kappa shape index (κ1) is 17.1. The monoisotopic (exact) mass is 295 g/mol. The van der Waals surface area contributed by atoms with Gasteiger partial charge in [-0.25, -0.2) is 0 Å². The molecule has 0 aliphatic carbocycles. The Kier molecular flexibility index (Phi) is 6.56. The van der Waals surface area contributed by atoms with Crippen molar-refractivity contribution in [1.82, 2.24) is 0 Å². The minimum atomic E-state index is -0.878. The number of hydrogen-bond donors (Lipinski definition) is 1. The zero-order chi connectivity index (χ0) is 15.2. The maximum atomic E-state index is 11.4. The average molecular weight is 295 g/mol. The number of nitrogens with two attached hydrogens (primary N) is 1. The standard InChI is InChI=1S/C16H25NO2S/c1-12(2)13-6-8-14(9-7-13)20-11-5-10-16(3,17)15(18)19-4/h6-9,12H,5,10-11,17H2,1-4H3. The van der Waals surface area contributed by atoms with E-state index in [2.05, 4.69) is 38.1 Å². The summed E-state index contributed by atoms with van der Waals surface area (Å²) in [7, 11) is 1.37. The van der Waals surface area contributed by atoms with E-state index in [4.69, 9.17) is 10.5 Å². The van der Waals surface area contributed by atoms with E-state index in [1.807, 2.05) is 0 Å². The van der Waals surface area contributed by atoms with Crippen LogP contribution in [-0.2, 0) is 9.53 Å². The molecule has 0 bridgehead atoms. The Hall–Kier alpha value is -1.00. The molecule has 4 heteroatoms. The highest BCUT2D eigenvalue weighted by molar-refractivity contribution is 7.99. The molecule has 1 unspecified atom stereocenters. The van der Waals surface area contributed by atoms with Crippen LogP contribution >= 0.6 is 11.8 Å². The van der Waals surface area contributed by atoms with Crippen LogP contribution in [0.3, 0.4) is 0 Å². The molecule has 3 nitrogen and oxygen atoms in total. The highest BCUT2D eigenvalue weighted by atomic mass is 32.2. The summed E-state index contributed by atoms with van der Waals surface area (Å²) >= 11 is 1.79. The van der Waals surface area contributed by atoms with E-state index in [9.17, 15) is 4.79 Å². The van der Waals surface area contributed by atoms with Crippen LogP contribution in [0.15, 0.2) is 29.2 Å². The minimum absolute atomic E-state index is 0.344. The maximum absolute atomic E-state index is 11.4. The van der Waals surface area contributed by atoms with Crippen molar-refractivity contribution in [2.75, 3.05) is 12.9 Å². The Balaban J connectivity index is 2.36. The Labute approximate surface area is 126 Å². The van der Waals surface area contributed by atoms with Crippen molar-refractivity contribution in [2.45, 2.75) is 50.0 Å². The molecule has 0 radical (unpaired) electrons. The predicted molar refractivity (Wildman–Crippen MR) is 85.1 cm³/mol. The molecule has 0 amide bonds. The van der Waals surface area contributed by atoms with Gasteiger partial charge in [-0.15, -0.1) is 11.8 Å². The van der Waals surface area contributed by atoms with Gasteiger partial charge in [-0.2, -0.15) is 0 Å². The second-order valence-corrected chi connectivity index (χ2v) is 6.75. The molecule has 0 saturated heterocycles. The molecule has 0 aliphatic heterocycles. The van der Waals surface area contributed by atoms with Gasteiger partial charge in [0.25, 0.3) is 0 Å². The molecule has 0 fully saturated rings. The molecule has 0 spiro atoms. The zero-order valence-electron chi connectivity index (χ0n) is 12.8. The highest BCUT2D eigenvalue weighted by Crippen LogP contribution is 2.23. The summed E-state index contributed by atoms with van der Waals surface area (Å²) in [6, 6.07) is 8.66. The highest BCUT2D eigenvalue weighted by Gasteiger charge is 2.28. The number of thioether (sulfide) groups is 1. The summed E-state index contributed by atoms with van der Waals surface area (Å²) in [5.74, 6) is 1.17. The van der Waals surface area contributed by atoms with E-state index >= 15 is 0 Å². The molecule has 1 rings (SSSR count). The van der Waals surface area contributed by atoms with Crippen LogP contribution in [0.5, 0.6) is 0 Å². The zero-order valence-corrected chi connectivity index (χ0v) is 13.6. The van der Waals surface area contributed by atoms with Crippen molar-refractivity contribution in [3.63, 3.8) is 0 Å². The first-order valence-electron chi connectivity index (χ1n) is 6.97. The molecule has 1 aromatic carbocycles. The second kappa shape index (κ2) is 7.70. The van der Waals surface area contributed by atoms with Gasteiger partial charge in [0.05, 0.1) is 7.11 Å². The number of ether oxygens (including phenoxy) is 1. The Morgan fingerprint density at radius 2 is 1.95 bits per heavy atom. The fraction of sp³-hybridized carbons (Fsp3) is 0.562. The van der Waals surface area contributed by atoms with Crippen LogP contribution in [0, 0.1) is 0 Å². The molecule has 2 N–H and O–H groups in total. The molecule has 20 heavy (non-hydrogen) atoms. The third-order valence-electron chi connectivity index (χ3n) is 3.31. The van der Waals surface area contributed by atoms with Gasteiger partial charge >= 0.3 is 5.97 Å². The topological polar surface area (TPSA) is 52.3 Å². The predicted octanol–water partition coefficient (Wildman–Crippen LogP) is 3.57. The summed E-state index contributed by atoms with van der Waals surface area (Å²) in [6.07, 6.45) is 1.52. The number of carbonyl (C=O) groups is 1. The quantitative estimate of drug-likeness (QED) is 0.474. The van der Waals surface area contributed by atoms with Crippen molar-refractivity contribution in [3.05, 3.63) is 29.8 Å². The normalized spacial score (nSPS) is 14.1. The lowest BCUT2D eigenvalue weighted by Crippen LogP contribution is -2.45. The van der Waals surface area contributed by atoms with Crippen LogP contribution in [0.25, 0.3) is 0 Å². The van der Waals surface area contributed by atoms with Crippen molar-refractivity contribution in [1.29, 1.82) is 0 Å². The van der Waals surface area contributed by atoms with Crippen molar-refractivity contribution in [2.24, 2.45) is 5.73 Å². The van der Waals surface area contributed by atoms with Gasteiger partial charge in [0, 0.05) is 4.90 Å². The van der Waals surface area contributed by atoms with Crippen molar-refractivity contribution >= 4 is 17.7 Å². The van der Waals surface area contributed by atoms with Crippen LogP contribution in [0.1, 0.15) is 45.1 Å². The third kappa shape index (κ3) is 5.17. The molecule has 1 aromatic rings. The van der Waals surface area contributed by atoms with E-state index in [0.717, 1.165) is 12.2 Å². The van der Waals surface area contributed by atoms with Crippen LogP contribution in [0.4, 0.5) is 0 Å². The molecule has 0 saturated carbocycles. The molecular formula is C16H25NO2S. The van der Waals surface area contributed by atoms with Gasteiger partial charge < -0.3 is 10.5 Å². The number of methoxy groups -OCH3 is 1. The molecule has 0 aromatic heterocycles. The van der Waals surface area contributed by atoms with E-state index in [0.29, 0.717) is 12.3 Å². The summed E-state index contributed by atoms with van der Waals surface area (Å²) in [5, 5.41) is 0. The number of hydrogen-bond acceptors (Lipinski definition) is 4. The Morgan fingerprint density at radius 1 is 1.35 bits per heavy atom. The average Bonchev–Trinajstić information content (AvgIpc) is 2.43. The van der Waals surface area contributed by atoms with E-state index < -0.39 is 5.54 Å². The van der Waals surface area contributed by atoms with Gasteiger partial charge in [0.1, 0.15) is 5.54 Å². The lowest BCUT2D eigenvalue weighted by molar-refractivity contribution is -0.146. The SMILES string of the molecule is COC(=O)C(C)(N)CCCSc1ccc(C(C)C)cc1. The van der Waals surface area contributed by atoms with Gasteiger partial charge in [-0.3, -0.25) is 4.79 Å². The summed E-state index contributed by atoms with van der Waals surface area (Å²) in [5.41, 5.74) is 6.40. The number of esters is 1. The Morgan fingerprint density at radius 3 is 2.45 bits per heavy atom. The lowest BCUT2D eigenvalue weighted by Gasteiger charge is -2.20. The van der Waals surface area contributed by atoms with E-state index in [1.54, 1.807) is 18.7 Å². The lowest BCUT2D eigenvalue weighted by atomic mass is 9.98. The van der Waals surface area contributed by atoms with Gasteiger partial charge in [0.2, 0.25) is 0 Å². The van der Waals surface area contributed by atoms with Crippen molar-refractivity contribution < 1.29 is 9.53 Å². The smallest absolute Gasteiger partial charge is 0.325 e. The second-order valence-electron chi connectivity index (χ2n) is 5.58. The molecule has 0 heterocycles. The van der Waals surface area contributed by atoms with Crippen LogP contribution < -0.4 is 5.73 Å². The fourth-order valence-electron chi connectivity index (χ4n) is 1.91. The largest absolute Gasteiger partial charge is 0.468 e. The maximum Gasteiger partial charge on any atom is 0.325 e. The fourth-order valence-corrected chi connectivity index (χ4v) is 2.77. The molecule has 112 valence electrons. The van der Waals surface area contributed by atoms with E-state index in [1.165, 1.54) is 17.6 Å². The number of rotatable bonds is 7. The first-order valence-corrected chi connectivity index (χ1v) is 7.95. The Bertz CT molecular complexity index is 427. The van der Waals surface area contributed by atoms with Crippen molar-refractivity contribution in [3.8, 4) is 0 Å². The van der Waals surface area contributed by atoms with Gasteiger partial charge in [-0.1, -0.05) is 26.0 Å². The first-order chi connectivity index (χ1) is 9.36. The third-order valence-corrected chi connectivity index (χ3v) is 4.41. The molecular weight excluding hydrogens is 270 g/mol. The van der Waals surface area contributed by atoms with Gasteiger partial charge in [-0.05, 0) is 49.1 Å². The summed E-state index contributed by atoms with van der Waals surface area (Å²) in [4.78, 5) is 12.7. The summed E-state index contributed by atoms with van der Waals surface area (Å²) in [6.45, 7) is 6.11. The van der Waals surface area contributed by atoms with Gasteiger partial charge in [0.15, 0.2) is 0 Å². The van der Waals surface area contributed by atoms with E-state index in [-0.39, 0.29) is 5.97 Å². The summed E-state index contributed by atoms with van der Waals surface area (Å²) < 4.78 is 4.70. The van der Waals surface area contributed by atoms with Crippen LogP contribution in [-0.4, -0.2) is 24.4 Å². The number of carbonyl (C=O) groups excluding carboxylic acids is 1. The van der Waals surface area contributed by atoms with Crippen LogP contribution in [0.2, 0.25) is 0 Å². The number of benzene rings is 1. The molecule has 1 atom stereocenters.